The molecule has 0 saturated carbocycles. The van der Waals surface area contributed by atoms with Gasteiger partial charge in [-0.1, -0.05) is 17.7 Å². The zero-order chi connectivity index (χ0) is 22.1. The highest BCUT2D eigenvalue weighted by Crippen LogP contribution is 2.32. The van der Waals surface area contributed by atoms with Crippen molar-refractivity contribution in [3.05, 3.63) is 54.9 Å². The number of nitrogens with zero attached hydrogens (tertiary/aromatic N) is 4. The molecule has 0 amide bonds. The fourth-order valence-corrected chi connectivity index (χ4v) is 5.09. The Balaban J connectivity index is 1.73. The first-order valence-electron chi connectivity index (χ1n) is 10.9. The summed E-state index contributed by atoms with van der Waals surface area (Å²) in [6.07, 6.45) is 4.63. The van der Waals surface area contributed by atoms with Gasteiger partial charge in [-0.05, 0) is 44.6 Å². The summed E-state index contributed by atoms with van der Waals surface area (Å²) >= 11 is 1.64. The summed E-state index contributed by atoms with van der Waals surface area (Å²) in [4.78, 5) is 32.1. The fourth-order valence-electron chi connectivity index (χ4n) is 4.40. The lowest BCUT2D eigenvalue weighted by molar-refractivity contribution is 0.164. The monoisotopic (exact) mass is 444 g/mol. The van der Waals surface area contributed by atoms with Crippen LogP contribution in [0.15, 0.2) is 38.8 Å². The van der Waals surface area contributed by atoms with Crippen LogP contribution in [0.2, 0.25) is 0 Å². The highest BCUT2D eigenvalue weighted by Gasteiger charge is 2.38. The molecule has 2 atom stereocenters. The standard InChI is InChI=1S/C22H32N6O2S/c1-15(2)8-11-27-18-19(24-21(27)26-10-4-6-16(23)14-26)25(3)22(30)28(20(18)29)12-9-17-7-5-13-31-17/h5,7-8,13,16,21,24H,4,6,9-12,14,23H2,1-3H3. The number of fused-ring (bicyclic) bond motifs is 1. The second-order valence-electron chi connectivity index (χ2n) is 8.67. The summed E-state index contributed by atoms with van der Waals surface area (Å²) in [5, 5.41) is 5.48. The molecule has 9 heteroatoms. The average Bonchev–Trinajstić information content (AvgIpc) is 3.38. The third kappa shape index (κ3) is 4.35. The normalized spacial score (nSPS) is 21.1. The van der Waals surface area contributed by atoms with Crippen molar-refractivity contribution in [3.8, 4) is 0 Å². The number of anilines is 2. The lowest BCUT2D eigenvalue weighted by Crippen LogP contribution is -2.56. The molecular weight excluding hydrogens is 412 g/mol. The Morgan fingerprint density at radius 1 is 1.35 bits per heavy atom. The van der Waals surface area contributed by atoms with E-state index in [9.17, 15) is 9.59 Å². The molecule has 1 saturated heterocycles. The molecule has 8 nitrogen and oxygen atoms in total. The lowest BCUT2D eigenvalue weighted by Gasteiger charge is -2.39. The van der Waals surface area contributed by atoms with E-state index in [-0.39, 0.29) is 23.6 Å². The Labute approximate surface area is 186 Å². The second-order valence-corrected chi connectivity index (χ2v) is 9.71. The van der Waals surface area contributed by atoms with Gasteiger partial charge in [-0.2, -0.15) is 0 Å². The summed E-state index contributed by atoms with van der Waals surface area (Å²) in [6.45, 7) is 6.74. The second kappa shape index (κ2) is 9.02. The number of thiophene rings is 1. The highest BCUT2D eigenvalue weighted by atomic mass is 32.1. The molecule has 0 radical (unpaired) electrons. The van der Waals surface area contributed by atoms with Gasteiger partial charge >= 0.3 is 5.69 Å². The van der Waals surface area contributed by atoms with Crippen LogP contribution in [0.5, 0.6) is 0 Å². The SMILES string of the molecule is CC(C)=CCN1c2c(n(C)c(=O)n(CCc3cccs3)c2=O)NC1N1CCCC(N)C1. The maximum atomic E-state index is 13.5. The van der Waals surface area contributed by atoms with Crippen LogP contribution in [-0.4, -0.2) is 46.0 Å². The molecule has 2 unspecified atom stereocenters. The predicted octanol–water partition coefficient (Wildman–Crippen LogP) is 1.76. The topological polar surface area (TPSA) is 88.5 Å². The minimum Gasteiger partial charge on any atom is -0.337 e. The number of piperidine rings is 1. The Hall–Kier alpha value is -2.36. The number of nitrogens with two attached hydrogens (primary N) is 1. The molecule has 31 heavy (non-hydrogen) atoms. The zero-order valence-corrected chi connectivity index (χ0v) is 19.3. The number of aromatic nitrogens is 2. The van der Waals surface area contributed by atoms with Crippen molar-refractivity contribution in [3.63, 3.8) is 0 Å². The van der Waals surface area contributed by atoms with E-state index in [2.05, 4.69) is 35.0 Å². The Morgan fingerprint density at radius 2 is 2.16 bits per heavy atom. The molecule has 2 aliphatic rings. The van der Waals surface area contributed by atoms with E-state index in [1.807, 2.05) is 17.5 Å². The van der Waals surface area contributed by atoms with Crippen LogP contribution in [0, 0.1) is 0 Å². The van der Waals surface area contributed by atoms with E-state index in [1.165, 1.54) is 10.1 Å². The van der Waals surface area contributed by atoms with Crippen molar-refractivity contribution in [2.45, 2.75) is 52.0 Å². The number of rotatable bonds is 6. The van der Waals surface area contributed by atoms with E-state index >= 15 is 0 Å². The van der Waals surface area contributed by atoms with Gasteiger partial charge in [0.25, 0.3) is 5.56 Å². The zero-order valence-electron chi connectivity index (χ0n) is 18.5. The highest BCUT2D eigenvalue weighted by molar-refractivity contribution is 7.09. The summed E-state index contributed by atoms with van der Waals surface area (Å²) in [5.41, 5.74) is 7.48. The van der Waals surface area contributed by atoms with Crippen LogP contribution in [0.1, 0.15) is 31.6 Å². The first kappa shape index (κ1) is 21.9. The number of aryl methyl sites for hydroxylation is 1. The smallest absolute Gasteiger partial charge is 0.332 e. The number of hydrogen-bond donors (Lipinski definition) is 2. The first-order chi connectivity index (χ1) is 14.9. The summed E-state index contributed by atoms with van der Waals surface area (Å²) in [5.74, 6) is 0.591. The molecule has 2 aromatic heterocycles. The van der Waals surface area contributed by atoms with Crippen LogP contribution in [0.25, 0.3) is 0 Å². The van der Waals surface area contributed by atoms with Gasteiger partial charge in [-0.25, -0.2) is 4.79 Å². The number of allylic oxidation sites excluding steroid dienone is 1. The van der Waals surface area contributed by atoms with Gasteiger partial charge in [0.05, 0.1) is 0 Å². The molecular formula is C22H32N6O2S. The van der Waals surface area contributed by atoms with Crippen molar-refractivity contribution < 1.29 is 0 Å². The van der Waals surface area contributed by atoms with Gasteiger partial charge in [0, 0.05) is 44.1 Å². The van der Waals surface area contributed by atoms with Crippen molar-refractivity contribution in [1.29, 1.82) is 0 Å². The van der Waals surface area contributed by atoms with Gasteiger partial charge in [0.15, 0.2) is 6.29 Å². The number of nitrogens with one attached hydrogen (secondary N) is 1. The van der Waals surface area contributed by atoms with E-state index in [4.69, 9.17) is 5.73 Å². The minimum atomic E-state index is -0.286. The molecule has 2 aromatic rings. The van der Waals surface area contributed by atoms with Crippen molar-refractivity contribution in [1.82, 2.24) is 14.0 Å². The van der Waals surface area contributed by atoms with Crippen molar-refractivity contribution in [2.24, 2.45) is 12.8 Å². The maximum absolute atomic E-state index is 13.5. The van der Waals surface area contributed by atoms with Gasteiger partial charge in [0.2, 0.25) is 0 Å². The Morgan fingerprint density at radius 3 is 2.84 bits per heavy atom. The number of likely N-dealkylation sites (tertiary alicyclic amines) is 1. The fraction of sp³-hybridized carbons (Fsp3) is 0.545. The van der Waals surface area contributed by atoms with Gasteiger partial charge in [0.1, 0.15) is 11.5 Å². The lowest BCUT2D eigenvalue weighted by atomic mass is 10.1. The minimum absolute atomic E-state index is 0.121. The first-order valence-corrected chi connectivity index (χ1v) is 11.8. The molecule has 0 bridgehead atoms. The molecule has 0 aliphatic carbocycles. The van der Waals surface area contributed by atoms with Crippen LogP contribution in [-0.2, 0) is 20.0 Å². The summed E-state index contributed by atoms with van der Waals surface area (Å²) < 4.78 is 2.95. The molecule has 2 aliphatic heterocycles. The summed E-state index contributed by atoms with van der Waals surface area (Å²) in [6, 6.07) is 4.14. The van der Waals surface area contributed by atoms with Crippen molar-refractivity contribution in [2.75, 3.05) is 29.9 Å². The molecule has 0 spiro atoms. The van der Waals surface area contributed by atoms with E-state index in [1.54, 1.807) is 23.0 Å². The molecule has 168 valence electrons. The van der Waals surface area contributed by atoms with Crippen LogP contribution in [0.3, 0.4) is 0 Å². The Kier molecular flexibility index (Phi) is 6.36. The van der Waals surface area contributed by atoms with Crippen LogP contribution in [0.4, 0.5) is 11.5 Å². The van der Waals surface area contributed by atoms with E-state index < -0.39 is 0 Å². The molecule has 3 N–H and O–H groups in total. The summed E-state index contributed by atoms with van der Waals surface area (Å²) in [7, 11) is 1.73. The van der Waals surface area contributed by atoms with Gasteiger partial charge in [-0.3, -0.25) is 18.8 Å². The largest absolute Gasteiger partial charge is 0.337 e. The van der Waals surface area contributed by atoms with Crippen molar-refractivity contribution >= 4 is 22.8 Å². The molecule has 4 rings (SSSR count). The maximum Gasteiger partial charge on any atom is 0.332 e. The number of hydrogen-bond acceptors (Lipinski definition) is 7. The molecule has 0 aromatic carbocycles. The third-order valence-electron chi connectivity index (χ3n) is 6.07. The van der Waals surface area contributed by atoms with E-state index in [0.29, 0.717) is 31.0 Å². The van der Waals surface area contributed by atoms with Crippen LogP contribution < -0.4 is 27.2 Å². The quantitative estimate of drug-likeness (QED) is 0.660. The predicted molar refractivity (Wildman–Crippen MR) is 127 cm³/mol. The van der Waals surface area contributed by atoms with Gasteiger partial charge in [-0.15, -0.1) is 11.3 Å². The average molecular weight is 445 g/mol. The molecule has 4 heterocycles. The Bertz CT molecular complexity index is 1070. The van der Waals surface area contributed by atoms with Crippen LogP contribution >= 0.6 is 11.3 Å². The van der Waals surface area contributed by atoms with Gasteiger partial charge < -0.3 is 16.0 Å². The van der Waals surface area contributed by atoms with E-state index in [0.717, 1.165) is 30.8 Å². The third-order valence-corrected chi connectivity index (χ3v) is 7.00. The molecule has 1 fully saturated rings.